The highest BCUT2D eigenvalue weighted by Gasteiger charge is 2.18. The molecule has 0 fully saturated rings. The van der Waals surface area contributed by atoms with E-state index < -0.39 is 5.97 Å². The molecule has 25 heavy (non-hydrogen) atoms. The standard InChI is InChI=1S/C18H14N2O4S/c1-11-13(20-18(23-11)16-4-3-7-25-16)9-17(21)24-14-6-5-12(10-19)8-15(14)22-2/h3-8H,9H2,1-2H3. The van der Waals surface area contributed by atoms with Crippen LogP contribution in [0.2, 0.25) is 0 Å². The fourth-order valence-electron chi connectivity index (χ4n) is 2.21. The van der Waals surface area contributed by atoms with Crippen molar-refractivity contribution in [3.8, 4) is 28.3 Å². The Labute approximate surface area is 148 Å². The Kier molecular flexibility index (Phi) is 4.82. The highest BCUT2D eigenvalue weighted by Crippen LogP contribution is 2.29. The SMILES string of the molecule is COc1cc(C#N)ccc1OC(=O)Cc1nc(-c2cccs2)oc1C. The molecule has 6 nitrogen and oxygen atoms in total. The minimum atomic E-state index is -0.489. The Balaban J connectivity index is 1.74. The molecule has 3 aromatic rings. The van der Waals surface area contributed by atoms with Crippen molar-refractivity contribution in [2.75, 3.05) is 7.11 Å². The summed E-state index contributed by atoms with van der Waals surface area (Å²) in [5, 5.41) is 10.8. The van der Waals surface area contributed by atoms with Gasteiger partial charge < -0.3 is 13.9 Å². The quantitative estimate of drug-likeness (QED) is 0.512. The largest absolute Gasteiger partial charge is 0.493 e. The normalized spacial score (nSPS) is 10.3. The van der Waals surface area contributed by atoms with Gasteiger partial charge in [0.1, 0.15) is 5.76 Å². The third-order valence-electron chi connectivity index (χ3n) is 3.45. The van der Waals surface area contributed by atoms with E-state index in [-0.39, 0.29) is 12.2 Å². The number of methoxy groups -OCH3 is 1. The topological polar surface area (TPSA) is 85.4 Å². The first-order valence-corrected chi connectivity index (χ1v) is 8.27. The van der Waals surface area contributed by atoms with Crippen LogP contribution in [0.15, 0.2) is 40.1 Å². The lowest BCUT2D eigenvalue weighted by Crippen LogP contribution is -2.12. The number of aromatic nitrogens is 1. The number of carbonyl (C=O) groups excluding carboxylic acids is 1. The molecule has 0 N–H and O–H groups in total. The number of nitriles is 1. The monoisotopic (exact) mass is 354 g/mol. The van der Waals surface area contributed by atoms with Gasteiger partial charge in [-0.15, -0.1) is 11.3 Å². The Hall–Kier alpha value is -3.11. The molecule has 0 saturated carbocycles. The van der Waals surface area contributed by atoms with Crippen LogP contribution in [0.5, 0.6) is 11.5 Å². The van der Waals surface area contributed by atoms with Gasteiger partial charge in [-0.25, -0.2) is 4.98 Å². The number of oxazole rings is 1. The summed E-state index contributed by atoms with van der Waals surface area (Å²) in [7, 11) is 1.45. The number of aryl methyl sites for hydroxylation is 1. The number of rotatable bonds is 5. The van der Waals surface area contributed by atoms with Gasteiger partial charge in [-0.1, -0.05) is 6.07 Å². The minimum absolute atomic E-state index is 0.0239. The molecule has 2 heterocycles. The molecule has 0 aliphatic heterocycles. The van der Waals surface area contributed by atoms with Crippen LogP contribution in [0.3, 0.4) is 0 Å². The maximum atomic E-state index is 12.2. The predicted octanol–water partition coefficient (Wildman–Crippen LogP) is 3.74. The second-order valence-electron chi connectivity index (χ2n) is 5.13. The molecule has 1 aromatic carbocycles. The van der Waals surface area contributed by atoms with Crippen LogP contribution < -0.4 is 9.47 Å². The van der Waals surface area contributed by atoms with E-state index >= 15 is 0 Å². The van der Waals surface area contributed by atoms with E-state index in [1.165, 1.54) is 30.6 Å². The molecule has 7 heteroatoms. The van der Waals surface area contributed by atoms with Crippen molar-refractivity contribution < 1.29 is 18.7 Å². The van der Waals surface area contributed by atoms with Crippen LogP contribution in [0, 0.1) is 18.3 Å². The van der Waals surface area contributed by atoms with Crippen molar-refractivity contribution >= 4 is 17.3 Å². The van der Waals surface area contributed by atoms with Gasteiger partial charge >= 0.3 is 5.97 Å². The maximum absolute atomic E-state index is 12.2. The summed E-state index contributed by atoms with van der Waals surface area (Å²) in [4.78, 5) is 17.5. The van der Waals surface area contributed by atoms with Crippen molar-refractivity contribution in [3.63, 3.8) is 0 Å². The summed E-state index contributed by atoms with van der Waals surface area (Å²) in [5.74, 6) is 1.16. The van der Waals surface area contributed by atoms with Crippen molar-refractivity contribution in [3.05, 3.63) is 52.7 Å². The van der Waals surface area contributed by atoms with E-state index in [2.05, 4.69) is 4.98 Å². The molecule has 0 bridgehead atoms. The number of benzene rings is 1. The van der Waals surface area contributed by atoms with Gasteiger partial charge in [-0.05, 0) is 30.5 Å². The van der Waals surface area contributed by atoms with E-state index in [0.29, 0.717) is 28.7 Å². The Morgan fingerprint density at radius 2 is 2.20 bits per heavy atom. The fraction of sp³-hybridized carbons (Fsp3) is 0.167. The van der Waals surface area contributed by atoms with Crippen molar-refractivity contribution in [2.24, 2.45) is 0 Å². The molecular formula is C18H14N2O4S. The van der Waals surface area contributed by atoms with Crippen LogP contribution in [-0.2, 0) is 11.2 Å². The van der Waals surface area contributed by atoms with Crippen LogP contribution in [0.25, 0.3) is 10.8 Å². The molecule has 126 valence electrons. The first-order valence-electron chi connectivity index (χ1n) is 7.39. The summed E-state index contributed by atoms with van der Waals surface area (Å²) in [6, 6.07) is 10.4. The first kappa shape index (κ1) is 16.7. The molecule has 3 rings (SSSR count). The Morgan fingerprint density at radius 3 is 2.88 bits per heavy atom. The fourth-order valence-corrected chi connectivity index (χ4v) is 2.86. The van der Waals surface area contributed by atoms with Gasteiger partial charge in [0.05, 0.1) is 35.7 Å². The zero-order valence-corrected chi connectivity index (χ0v) is 14.4. The van der Waals surface area contributed by atoms with Gasteiger partial charge in [-0.2, -0.15) is 5.26 Å². The van der Waals surface area contributed by atoms with E-state index in [1.807, 2.05) is 23.6 Å². The number of ether oxygens (including phenoxy) is 2. The average Bonchev–Trinajstić information content (AvgIpc) is 3.25. The van der Waals surface area contributed by atoms with Gasteiger partial charge in [0.15, 0.2) is 11.5 Å². The summed E-state index contributed by atoms with van der Waals surface area (Å²) >= 11 is 1.51. The molecule has 0 amide bonds. The number of hydrogen-bond acceptors (Lipinski definition) is 7. The summed E-state index contributed by atoms with van der Waals surface area (Å²) < 4.78 is 16.1. The summed E-state index contributed by atoms with van der Waals surface area (Å²) in [5.41, 5.74) is 0.950. The Bertz CT molecular complexity index is 939. The highest BCUT2D eigenvalue weighted by atomic mass is 32.1. The molecule has 0 radical (unpaired) electrons. The highest BCUT2D eigenvalue weighted by molar-refractivity contribution is 7.13. The van der Waals surface area contributed by atoms with Gasteiger partial charge in [0.25, 0.3) is 0 Å². The lowest BCUT2D eigenvalue weighted by Gasteiger charge is -2.08. The van der Waals surface area contributed by atoms with Crippen LogP contribution in [0.1, 0.15) is 17.0 Å². The van der Waals surface area contributed by atoms with Gasteiger partial charge in [0, 0.05) is 6.07 Å². The number of esters is 1. The molecule has 0 saturated heterocycles. The van der Waals surface area contributed by atoms with Crippen LogP contribution in [0.4, 0.5) is 0 Å². The number of nitrogens with zero attached hydrogens (tertiary/aromatic N) is 2. The zero-order chi connectivity index (χ0) is 17.8. The summed E-state index contributed by atoms with van der Waals surface area (Å²) in [6.07, 6.45) is -0.0239. The zero-order valence-electron chi connectivity index (χ0n) is 13.6. The first-order chi connectivity index (χ1) is 12.1. The number of carbonyl (C=O) groups is 1. The second kappa shape index (κ2) is 7.20. The predicted molar refractivity (Wildman–Crippen MR) is 91.6 cm³/mol. The number of hydrogen-bond donors (Lipinski definition) is 0. The summed E-state index contributed by atoms with van der Waals surface area (Å²) in [6.45, 7) is 1.76. The lowest BCUT2D eigenvalue weighted by molar-refractivity contribution is -0.133. The average molecular weight is 354 g/mol. The molecule has 0 spiro atoms. The van der Waals surface area contributed by atoms with Crippen molar-refractivity contribution in [1.82, 2.24) is 4.98 Å². The van der Waals surface area contributed by atoms with E-state index in [0.717, 1.165) is 4.88 Å². The molecule has 2 aromatic heterocycles. The number of thiophene rings is 1. The molecule has 0 aliphatic rings. The minimum Gasteiger partial charge on any atom is -0.493 e. The smallest absolute Gasteiger partial charge is 0.317 e. The lowest BCUT2D eigenvalue weighted by atomic mass is 10.2. The van der Waals surface area contributed by atoms with Crippen molar-refractivity contribution in [2.45, 2.75) is 13.3 Å². The van der Waals surface area contributed by atoms with Crippen molar-refractivity contribution in [1.29, 1.82) is 5.26 Å². The van der Waals surface area contributed by atoms with E-state index in [9.17, 15) is 4.79 Å². The van der Waals surface area contributed by atoms with Crippen LogP contribution >= 0.6 is 11.3 Å². The Morgan fingerprint density at radius 1 is 1.36 bits per heavy atom. The van der Waals surface area contributed by atoms with Gasteiger partial charge in [0.2, 0.25) is 5.89 Å². The van der Waals surface area contributed by atoms with Gasteiger partial charge in [-0.3, -0.25) is 4.79 Å². The molecule has 0 atom stereocenters. The second-order valence-corrected chi connectivity index (χ2v) is 6.08. The molecule has 0 unspecified atom stereocenters. The third-order valence-corrected chi connectivity index (χ3v) is 4.31. The van der Waals surface area contributed by atoms with E-state index in [4.69, 9.17) is 19.2 Å². The van der Waals surface area contributed by atoms with E-state index in [1.54, 1.807) is 13.0 Å². The molecular weight excluding hydrogens is 340 g/mol. The molecule has 0 aliphatic carbocycles. The third kappa shape index (κ3) is 3.70. The maximum Gasteiger partial charge on any atom is 0.317 e. The van der Waals surface area contributed by atoms with Crippen LogP contribution in [-0.4, -0.2) is 18.1 Å².